The lowest BCUT2D eigenvalue weighted by atomic mass is 10.1. The van der Waals surface area contributed by atoms with Crippen LogP contribution in [0.25, 0.3) is 0 Å². The van der Waals surface area contributed by atoms with Crippen molar-refractivity contribution >= 4 is 17.5 Å². The Morgan fingerprint density at radius 2 is 1.68 bits per heavy atom. The van der Waals surface area contributed by atoms with Gasteiger partial charge in [0.1, 0.15) is 18.2 Å². The van der Waals surface area contributed by atoms with Gasteiger partial charge < -0.3 is 29.3 Å². The van der Waals surface area contributed by atoms with Crippen molar-refractivity contribution in [2.75, 3.05) is 52.3 Å². The van der Waals surface area contributed by atoms with Crippen LogP contribution >= 0.6 is 0 Å². The number of carbonyl (C=O) groups is 1. The van der Waals surface area contributed by atoms with E-state index in [0.717, 1.165) is 24.3 Å². The summed E-state index contributed by atoms with van der Waals surface area (Å²) in [5, 5.41) is 3.08. The maximum Gasteiger partial charge on any atom is 0.260 e. The van der Waals surface area contributed by atoms with Gasteiger partial charge >= 0.3 is 0 Å². The molecule has 1 aromatic heterocycles. The molecule has 0 radical (unpaired) electrons. The maximum absolute atomic E-state index is 14.5. The normalized spacial score (nSPS) is 13.8. The number of likely N-dealkylation sites (N-methyl/N-ethyl adjacent to an activating group) is 1. The quantitative estimate of drug-likeness (QED) is 0.449. The molecule has 2 aromatic carbocycles. The Morgan fingerprint density at radius 3 is 2.34 bits per heavy atom. The van der Waals surface area contributed by atoms with Crippen molar-refractivity contribution in [2.24, 2.45) is 0 Å². The number of aryl methyl sites for hydroxylation is 2. The lowest BCUT2D eigenvalue weighted by molar-refractivity contribution is -0.134. The number of amides is 1. The standard InChI is InChI=1S/C27H31F2N5O4/c1-17-11-19(5-6-22(17)38-16-24(35)34-9-7-33(3)8-10-34)32-27-30-13-20(14-31-27)37-15-21-25(28)18(2)12-23(36-4)26(21)29/h5-6,11-14H,7-10,15-16H2,1-4H3,(H,30,31,32). The number of piperazine rings is 1. The van der Waals surface area contributed by atoms with Crippen molar-refractivity contribution in [1.82, 2.24) is 19.8 Å². The zero-order valence-corrected chi connectivity index (χ0v) is 21.9. The van der Waals surface area contributed by atoms with Crippen LogP contribution in [-0.4, -0.2) is 72.6 Å². The molecule has 0 spiro atoms. The van der Waals surface area contributed by atoms with Crippen LogP contribution in [0.1, 0.15) is 16.7 Å². The van der Waals surface area contributed by atoms with Crippen LogP contribution in [0, 0.1) is 25.5 Å². The minimum absolute atomic E-state index is 0.00890. The van der Waals surface area contributed by atoms with Crippen LogP contribution in [0.15, 0.2) is 36.7 Å². The molecule has 0 bridgehead atoms. The summed E-state index contributed by atoms with van der Waals surface area (Å²) in [5.74, 6) is -0.385. The molecular formula is C27H31F2N5O4. The second-order valence-corrected chi connectivity index (χ2v) is 9.11. The van der Waals surface area contributed by atoms with Gasteiger partial charge in [0, 0.05) is 31.9 Å². The number of hydrogen-bond acceptors (Lipinski definition) is 8. The summed E-state index contributed by atoms with van der Waals surface area (Å²) in [7, 11) is 3.36. The molecule has 0 aliphatic carbocycles. The predicted molar refractivity (Wildman–Crippen MR) is 138 cm³/mol. The molecule has 38 heavy (non-hydrogen) atoms. The van der Waals surface area contributed by atoms with Crippen molar-refractivity contribution in [3.8, 4) is 17.2 Å². The molecule has 1 amide bonds. The first kappa shape index (κ1) is 27.1. The number of anilines is 2. The van der Waals surface area contributed by atoms with Crippen molar-refractivity contribution in [3.05, 3.63) is 65.0 Å². The third-order valence-electron chi connectivity index (χ3n) is 6.31. The number of rotatable bonds is 9. The first-order valence-corrected chi connectivity index (χ1v) is 12.2. The zero-order chi connectivity index (χ0) is 27.2. The highest BCUT2D eigenvalue weighted by Gasteiger charge is 2.20. The average Bonchev–Trinajstić information content (AvgIpc) is 2.91. The molecule has 1 aliphatic rings. The molecule has 1 N–H and O–H groups in total. The molecule has 1 aliphatic heterocycles. The van der Waals surface area contributed by atoms with Crippen LogP contribution in [0.2, 0.25) is 0 Å². The number of nitrogens with zero attached hydrogens (tertiary/aromatic N) is 4. The van der Waals surface area contributed by atoms with Gasteiger partial charge in [-0.05, 0) is 56.3 Å². The van der Waals surface area contributed by atoms with Crippen molar-refractivity contribution in [2.45, 2.75) is 20.5 Å². The van der Waals surface area contributed by atoms with Crippen LogP contribution in [0.5, 0.6) is 17.2 Å². The Bertz CT molecular complexity index is 1280. The molecule has 4 rings (SSSR count). The van der Waals surface area contributed by atoms with Gasteiger partial charge in [-0.3, -0.25) is 4.79 Å². The largest absolute Gasteiger partial charge is 0.494 e. The van der Waals surface area contributed by atoms with Crippen LogP contribution in [-0.2, 0) is 11.4 Å². The van der Waals surface area contributed by atoms with E-state index in [4.69, 9.17) is 14.2 Å². The van der Waals surface area contributed by atoms with E-state index in [1.54, 1.807) is 12.1 Å². The van der Waals surface area contributed by atoms with E-state index in [1.165, 1.54) is 32.5 Å². The molecule has 202 valence electrons. The number of aromatic nitrogens is 2. The molecule has 0 atom stereocenters. The highest BCUT2D eigenvalue weighted by atomic mass is 19.1. The van der Waals surface area contributed by atoms with E-state index in [1.807, 2.05) is 24.9 Å². The highest BCUT2D eigenvalue weighted by Crippen LogP contribution is 2.28. The summed E-state index contributed by atoms with van der Waals surface area (Å²) in [6.45, 7) is 6.20. The fourth-order valence-electron chi connectivity index (χ4n) is 4.00. The number of benzene rings is 2. The van der Waals surface area contributed by atoms with Gasteiger partial charge in [0.15, 0.2) is 23.9 Å². The van der Waals surface area contributed by atoms with Crippen LogP contribution in [0.3, 0.4) is 0 Å². The number of halogens is 2. The third-order valence-corrected chi connectivity index (χ3v) is 6.31. The minimum atomic E-state index is -0.804. The second kappa shape index (κ2) is 12.0. The molecule has 1 saturated heterocycles. The van der Waals surface area contributed by atoms with E-state index >= 15 is 0 Å². The Hall–Kier alpha value is -3.99. The average molecular weight is 528 g/mol. The van der Waals surface area contributed by atoms with Gasteiger partial charge in [-0.15, -0.1) is 0 Å². The van der Waals surface area contributed by atoms with Gasteiger partial charge in [0.2, 0.25) is 5.95 Å². The molecule has 9 nitrogen and oxygen atoms in total. The van der Waals surface area contributed by atoms with Crippen molar-refractivity contribution < 1.29 is 27.8 Å². The summed E-state index contributed by atoms with van der Waals surface area (Å²) in [6, 6.07) is 6.74. The fraction of sp³-hybridized carbons (Fsp3) is 0.370. The topological polar surface area (TPSA) is 89.0 Å². The first-order valence-electron chi connectivity index (χ1n) is 12.2. The molecule has 1 fully saturated rings. The van der Waals surface area contributed by atoms with Crippen LogP contribution < -0.4 is 19.5 Å². The molecule has 11 heteroatoms. The van der Waals surface area contributed by atoms with Crippen molar-refractivity contribution in [1.29, 1.82) is 0 Å². The minimum Gasteiger partial charge on any atom is -0.494 e. The highest BCUT2D eigenvalue weighted by molar-refractivity contribution is 5.78. The Labute approximate surface area is 220 Å². The Balaban J connectivity index is 1.31. The van der Waals surface area contributed by atoms with Gasteiger partial charge in [0.25, 0.3) is 5.91 Å². The lowest BCUT2D eigenvalue weighted by Gasteiger charge is -2.32. The molecule has 2 heterocycles. The smallest absolute Gasteiger partial charge is 0.260 e. The van der Waals surface area contributed by atoms with Gasteiger partial charge in [-0.25, -0.2) is 18.7 Å². The number of methoxy groups -OCH3 is 1. The first-order chi connectivity index (χ1) is 18.2. The summed E-state index contributed by atoms with van der Waals surface area (Å²) in [4.78, 5) is 24.9. The van der Waals surface area contributed by atoms with E-state index in [2.05, 4.69) is 20.2 Å². The monoisotopic (exact) mass is 527 g/mol. The van der Waals surface area contributed by atoms with Crippen molar-refractivity contribution in [3.63, 3.8) is 0 Å². The van der Waals surface area contributed by atoms with E-state index in [9.17, 15) is 13.6 Å². The zero-order valence-electron chi connectivity index (χ0n) is 21.9. The van der Waals surface area contributed by atoms with Gasteiger partial charge in [0.05, 0.1) is 25.1 Å². The number of nitrogens with one attached hydrogen (secondary N) is 1. The lowest BCUT2D eigenvalue weighted by Crippen LogP contribution is -2.48. The van der Waals surface area contributed by atoms with Crippen LogP contribution in [0.4, 0.5) is 20.4 Å². The maximum atomic E-state index is 14.5. The summed E-state index contributed by atoms with van der Waals surface area (Å²) in [5.41, 5.74) is 1.60. The Morgan fingerprint density at radius 1 is 0.974 bits per heavy atom. The molecular weight excluding hydrogens is 496 g/mol. The number of ether oxygens (including phenoxy) is 3. The molecule has 3 aromatic rings. The summed E-state index contributed by atoms with van der Waals surface area (Å²) >= 11 is 0. The molecule has 0 saturated carbocycles. The van der Waals surface area contributed by atoms with E-state index < -0.39 is 11.6 Å². The summed E-state index contributed by atoms with van der Waals surface area (Å²) < 4.78 is 45.1. The fourth-order valence-corrected chi connectivity index (χ4v) is 4.00. The predicted octanol–water partition coefficient (Wildman–Crippen LogP) is 3.86. The van der Waals surface area contributed by atoms with E-state index in [-0.39, 0.29) is 41.7 Å². The van der Waals surface area contributed by atoms with Gasteiger partial charge in [-0.2, -0.15) is 0 Å². The summed E-state index contributed by atoms with van der Waals surface area (Å²) in [6.07, 6.45) is 2.82. The Kier molecular flexibility index (Phi) is 8.57. The number of carbonyl (C=O) groups excluding carboxylic acids is 1. The van der Waals surface area contributed by atoms with E-state index in [0.29, 0.717) is 24.8 Å². The molecule has 0 unspecified atom stereocenters. The number of hydrogen-bond donors (Lipinski definition) is 1. The third kappa shape index (κ3) is 6.46. The van der Waals surface area contributed by atoms with Gasteiger partial charge in [-0.1, -0.05) is 0 Å². The SMILES string of the molecule is COc1cc(C)c(F)c(COc2cnc(Nc3ccc(OCC(=O)N4CCN(C)CC4)c(C)c3)nc2)c1F. The second-order valence-electron chi connectivity index (χ2n) is 9.11.